The van der Waals surface area contributed by atoms with Gasteiger partial charge in [-0.15, -0.1) is 0 Å². The second-order valence-electron chi connectivity index (χ2n) is 4.12. The molecule has 0 bridgehead atoms. The zero-order valence-corrected chi connectivity index (χ0v) is 9.95. The van der Waals surface area contributed by atoms with Crippen LogP contribution in [0.3, 0.4) is 0 Å². The van der Waals surface area contributed by atoms with Crippen LogP contribution in [0.1, 0.15) is 18.9 Å². The van der Waals surface area contributed by atoms with Gasteiger partial charge in [-0.05, 0) is 37.6 Å². The Morgan fingerprint density at radius 2 is 2.12 bits per heavy atom. The minimum Gasteiger partial charge on any atom is -0.481 e. The van der Waals surface area contributed by atoms with Gasteiger partial charge in [0, 0.05) is 0 Å². The standard InChI is InChI=1S/C13H18FNO2/c1-10(13(16)17)6-8-15-9-7-11-4-2-3-5-12(11)14/h2-5,10,15H,6-9H2,1H3,(H,16,17). The molecule has 0 heterocycles. The summed E-state index contributed by atoms with van der Waals surface area (Å²) in [7, 11) is 0. The monoisotopic (exact) mass is 239 g/mol. The summed E-state index contributed by atoms with van der Waals surface area (Å²) in [6.07, 6.45) is 1.21. The van der Waals surface area contributed by atoms with Crippen LogP contribution in [-0.4, -0.2) is 24.2 Å². The average molecular weight is 239 g/mol. The van der Waals surface area contributed by atoms with Crippen molar-refractivity contribution in [1.82, 2.24) is 5.32 Å². The van der Waals surface area contributed by atoms with Crippen LogP contribution in [0.25, 0.3) is 0 Å². The summed E-state index contributed by atoms with van der Waals surface area (Å²) in [6, 6.07) is 6.68. The van der Waals surface area contributed by atoms with Gasteiger partial charge in [0.05, 0.1) is 5.92 Å². The van der Waals surface area contributed by atoms with Crippen molar-refractivity contribution in [3.05, 3.63) is 35.6 Å². The number of hydrogen-bond donors (Lipinski definition) is 2. The first-order valence-corrected chi connectivity index (χ1v) is 5.78. The number of benzene rings is 1. The molecule has 0 saturated heterocycles. The third-order valence-electron chi connectivity index (χ3n) is 2.70. The zero-order chi connectivity index (χ0) is 12.7. The van der Waals surface area contributed by atoms with Crippen molar-refractivity contribution in [1.29, 1.82) is 0 Å². The smallest absolute Gasteiger partial charge is 0.306 e. The summed E-state index contributed by atoms with van der Waals surface area (Å²) in [5.74, 6) is -1.30. The van der Waals surface area contributed by atoms with Crippen LogP contribution >= 0.6 is 0 Å². The molecule has 0 saturated carbocycles. The molecule has 0 radical (unpaired) electrons. The maximum Gasteiger partial charge on any atom is 0.306 e. The van der Waals surface area contributed by atoms with Gasteiger partial charge in [0.1, 0.15) is 5.82 Å². The molecule has 1 unspecified atom stereocenters. The van der Waals surface area contributed by atoms with Crippen molar-refractivity contribution in [2.75, 3.05) is 13.1 Å². The van der Waals surface area contributed by atoms with Gasteiger partial charge in [-0.2, -0.15) is 0 Å². The molecule has 0 aliphatic heterocycles. The van der Waals surface area contributed by atoms with E-state index >= 15 is 0 Å². The summed E-state index contributed by atoms with van der Waals surface area (Å²) in [5.41, 5.74) is 0.686. The molecule has 94 valence electrons. The SMILES string of the molecule is CC(CCNCCc1ccccc1F)C(=O)O. The van der Waals surface area contributed by atoms with E-state index in [1.807, 2.05) is 6.07 Å². The zero-order valence-electron chi connectivity index (χ0n) is 9.95. The van der Waals surface area contributed by atoms with Gasteiger partial charge in [0.15, 0.2) is 0 Å². The third kappa shape index (κ3) is 4.95. The van der Waals surface area contributed by atoms with Crippen LogP contribution < -0.4 is 5.32 Å². The molecule has 0 aliphatic carbocycles. The average Bonchev–Trinajstić information content (AvgIpc) is 2.30. The summed E-state index contributed by atoms with van der Waals surface area (Å²) >= 11 is 0. The Morgan fingerprint density at radius 1 is 1.41 bits per heavy atom. The summed E-state index contributed by atoms with van der Waals surface area (Å²) < 4.78 is 13.2. The van der Waals surface area contributed by atoms with Crippen molar-refractivity contribution >= 4 is 5.97 Å². The predicted molar refractivity (Wildman–Crippen MR) is 64.4 cm³/mol. The van der Waals surface area contributed by atoms with Crippen LogP contribution in [0, 0.1) is 11.7 Å². The van der Waals surface area contributed by atoms with Crippen molar-refractivity contribution in [3.63, 3.8) is 0 Å². The van der Waals surface area contributed by atoms with Crippen molar-refractivity contribution in [3.8, 4) is 0 Å². The fraction of sp³-hybridized carbons (Fsp3) is 0.462. The second kappa shape index (κ2) is 7.01. The molecule has 1 rings (SSSR count). The lowest BCUT2D eigenvalue weighted by molar-refractivity contribution is -0.141. The molecule has 17 heavy (non-hydrogen) atoms. The van der Waals surface area contributed by atoms with E-state index in [9.17, 15) is 9.18 Å². The first-order chi connectivity index (χ1) is 8.11. The van der Waals surface area contributed by atoms with Crippen molar-refractivity contribution in [2.24, 2.45) is 5.92 Å². The molecule has 4 heteroatoms. The lowest BCUT2D eigenvalue weighted by Gasteiger charge is -2.08. The van der Waals surface area contributed by atoms with Crippen molar-refractivity contribution in [2.45, 2.75) is 19.8 Å². The second-order valence-corrected chi connectivity index (χ2v) is 4.12. The molecule has 2 N–H and O–H groups in total. The third-order valence-corrected chi connectivity index (χ3v) is 2.70. The van der Waals surface area contributed by atoms with E-state index in [-0.39, 0.29) is 11.7 Å². The van der Waals surface area contributed by atoms with E-state index in [2.05, 4.69) is 5.32 Å². The number of rotatable bonds is 7. The maximum absolute atomic E-state index is 13.2. The number of carboxylic acids is 1. The Hall–Kier alpha value is -1.42. The highest BCUT2D eigenvalue weighted by Crippen LogP contribution is 2.06. The summed E-state index contributed by atoms with van der Waals surface area (Å²) in [4.78, 5) is 10.6. The molecule has 1 aromatic rings. The number of carboxylic acid groups (broad SMARTS) is 1. The Bertz CT molecular complexity index is 368. The Balaban J connectivity index is 2.17. The van der Waals surface area contributed by atoms with E-state index in [1.54, 1.807) is 19.1 Å². The van der Waals surface area contributed by atoms with Gasteiger partial charge in [-0.25, -0.2) is 4.39 Å². The van der Waals surface area contributed by atoms with Gasteiger partial charge < -0.3 is 10.4 Å². The van der Waals surface area contributed by atoms with E-state index < -0.39 is 5.97 Å². The molecular weight excluding hydrogens is 221 g/mol. The number of halogens is 1. The van der Waals surface area contributed by atoms with Crippen LogP contribution in [-0.2, 0) is 11.2 Å². The van der Waals surface area contributed by atoms with E-state index in [0.29, 0.717) is 31.5 Å². The summed E-state index contributed by atoms with van der Waals surface area (Å²) in [6.45, 7) is 2.98. The largest absolute Gasteiger partial charge is 0.481 e. The molecule has 0 fully saturated rings. The van der Waals surface area contributed by atoms with Gasteiger partial charge >= 0.3 is 5.97 Å². The number of aliphatic carboxylic acids is 1. The van der Waals surface area contributed by atoms with E-state index in [4.69, 9.17) is 5.11 Å². The van der Waals surface area contributed by atoms with Crippen molar-refractivity contribution < 1.29 is 14.3 Å². The predicted octanol–water partition coefficient (Wildman–Crippen LogP) is 2.07. The van der Waals surface area contributed by atoms with Gasteiger partial charge in [-0.3, -0.25) is 4.79 Å². The van der Waals surface area contributed by atoms with Gasteiger partial charge in [0.25, 0.3) is 0 Å². The molecule has 0 spiro atoms. The van der Waals surface area contributed by atoms with Crippen LogP contribution in [0.15, 0.2) is 24.3 Å². The van der Waals surface area contributed by atoms with Gasteiger partial charge in [0.2, 0.25) is 0 Å². The molecular formula is C13H18FNO2. The quantitative estimate of drug-likeness (QED) is 0.716. The van der Waals surface area contributed by atoms with E-state index in [0.717, 1.165) is 0 Å². The lowest BCUT2D eigenvalue weighted by Crippen LogP contribution is -2.22. The Morgan fingerprint density at radius 3 is 2.76 bits per heavy atom. The molecule has 1 aromatic carbocycles. The minimum atomic E-state index is -0.777. The minimum absolute atomic E-state index is 0.187. The number of carbonyl (C=O) groups is 1. The van der Waals surface area contributed by atoms with Gasteiger partial charge in [-0.1, -0.05) is 25.1 Å². The number of hydrogen-bond acceptors (Lipinski definition) is 2. The molecule has 3 nitrogen and oxygen atoms in total. The Kier molecular flexibility index (Phi) is 5.63. The van der Waals surface area contributed by atoms with Crippen LogP contribution in [0.5, 0.6) is 0 Å². The van der Waals surface area contributed by atoms with Crippen LogP contribution in [0.2, 0.25) is 0 Å². The molecule has 0 aromatic heterocycles. The molecule has 0 aliphatic rings. The van der Waals surface area contributed by atoms with E-state index in [1.165, 1.54) is 6.07 Å². The lowest BCUT2D eigenvalue weighted by atomic mass is 10.1. The highest BCUT2D eigenvalue weighted by atomic mass is 19.1. The fourth-order valence-corrected chi connectivity index (χ4v) is 1.49. The fourth-order valence-electron chi connectivity index (χ4n) is 1.49. The highest BCUT2D eigenvalue weighted by Gasteiger charge is 2.09. The first-order valence-electron chi connectivity index (χ1n) is 5.78. The molecule has 1 atom stereocenters. The maximum atomic E-state index is 13.2. The normalized spacial score (nSPS) is 12.4. The number of nitrogens with one attached hydrogen (secondary N) is 1. The molecule has 0 amide bonds. The summed E-state index contributed by atoms with van der Waals surface area (Å²) in [5, 5.41) is 11.8. The first kappa shape index (κ1) is 13.6. The van der Waals surface area contributed by atoms with Crippen LogP contribution in [0.4, 0.5) is 4.39 Å². The Labute approximate surface area is 101 Å². The highest BCUT2D eigenvalue weighted by molar-refractivity contribution is 5.69. The topological polar surface area (TPSA) is 49.3 Å².